The Balaban J connectivity index is 1.83. The van der Waals surface area contributed by atoms with Crippen LogP contribution in [-0.2, 0) is 11.3 Å². The fourth-order valence-corrected chi connectivity index (χ4v) is 2.65. The lowest BCUT2D eigenvalue weighted by molar-refractivity contribution is 0.0696. The van der Waals surface area contributed by atoms with Crippen LogP contribution in [-0.4, -0.2) is 37.3 Å². The average Bonchev–Trinajstić information content (AvgIpc) is 2.86. The number of amides is 1. The predicted molar refractivity (Wildman–Crippen MR) is 94.1 cm³/mol. The van der Waals surface area contributed by atoms with Crippen molar-refractivity contribution in [2.45, 2.75) is 13.0 Å². The van der Waals surface area contributed by atoms with Gasteiger partial charge in [-0.1, -0.05) is 0 Å². The zero-order chi connectivity index (χ0) is 18.5. The number of hydrogen-bond donors (Lipinski definition) is 2. The van der Waals surface area contributed by atoms with Gasteiger partial charge in [0.25, 0.3) is 5.91 Å². The van der Waals surface area contributed by atoms with Crippen molar-refractivity contribution in [1.82, 2.24) is 0 Å². The Kier molecular flexibility index (Phi) is 5.38. The van der Waals surface area contributed by atoms with Gasteiger partial charge in [0, 0.05) is 24.8 Å². The number of anilines is 1. The fraction of sp³-hybridized carbons (Fsp3) is 0.263. The largest absolute Gasteiger partial charge is 0.490 e. The van der Waals surface area contributed by atoms with E-state index in [9.17, 15) is 14.7 Å². The molecule has 1 heterocycles. The first kappa shape index (κ1) is 17.8. The van der Waals surface area contributed by atoms with Crippen molar-refractivity contribution in [3.8, 4) is 11.5 Å². The summed E-state index contributed by atoms with van der Waals surface area (Å²) < 4.78 is 16.2. The number of fused-ring (bicyclic) bond motifs is 1. The third-order valence-corrected chi connectivity index (χ3v) is 3.82. The van der Waals surface area contributed by atoms with E-state index in [1.165, 1.54) is 19.2 Å². The SMILES string of the molecule is COCc1cc(NC(=O)c2ccc3c(c2)OCCCO3)cc(C(=O)O)c1. The van der Waals surface area contributed by atoms with Crippen LogP contribution in [0.25, 0.3) is 0 Å². The maximum absolute atomic E-state index is 12.5. The zero-order valence-electron chi connectivity index (χ0n) is 14.3. The summed E-state index contributed by atoms with van der Waals surface area (Å²) in [5.74, 6) is -0.315. The van der Waals surface area contributed by atoms with Crippen molar-refractivity contribution in [3.63, 3.8) is 0 Å². The molecule has 26 heavy (non-hydrogen) atoms. The summed E-state index contributed by atoms with van der Waals surface area (Å²) in [5.41, 5.74) is 1.51. The van der Waals surface area contributed by atoms with Gasteiger partial charge in [0.1, 0.15) is 0 Å². The number of hydrogen-bond acceptors (Lipinski definition) is 5. The van der Waals surface area contributed by atoms with Gasteiger partial charge >= 0.3 is 5.97 Å². The summed E-state index contributed by atoms with van der Waals surface area (Å²) >= 11 is 0. The van der Waals surface area contributed by atoms with E-state index >= 15 is 0 Å². The number of carboxylic acid groups (broad SMARTS) is 1. The van der Waals surface area contributed by atoms with E-state index < -0.39 is 5.97 Å². The second kappa shape index (κ2) is 7.88. The molecule has 7 heteroatoms. The van der Waals surface area contributed by atoms with E-state index in [-0.39, 0.29) is 18.1 Å². The molecule has 0 unspecified atom stereocenters. The lowest BCUT2D eigenvalue weighted by atomic mass is 10.1. The molecule has 0 aliphatic carbocycles. The van der Waals surface area contributed by atoms with Gasteiger partial charge in [0.05, 0.1) is 25.4 Å². The highest BCUT2D eigenvalue weighted by Gasteiger charge is 2.15. The van der Waals surface area contributed by atoms with E-state index in [1.807, 2.05) is 0 Å². The summed E-state index contributed by atoms with van der Waals surface area (Å²) in [4.78, 5) is 23.8. The van der Waals surface area contributed by atoms with Crippen LogP contribution in [0.2, 0.25) is 0 Å². The quantitative estimate of drug-likeness (QED) is 0.854. The predicted octanol–water partition coefficient (Wildman–Crippen LogP) is 2.94. The summed E-state index contributed by atoms with van der Waals surface area (Å²) in [7, 11) is 1.52. The highest BCUT2D eigenvalue weighted by Crippen LogP contribution is 2.30. The number of carbonyl (C=O) groups excluding carboxylic acids is 1. The number of carboxylic acids is 1. The number of carbonyl (C=O) groups is 2. The summed E-state index contributed by atoms with van der Waals surface area (Å²) in [6, 6.07) is 9.54. The van der Waals surface area contributed by atoms with E-state index in [2.05, 4.69) is 5.32 Å². The second-order valence-corrected chi connectivity index (χ2v) is 5.82. The molecule has 2 aromatic rings. The Morgan fingerprint density at radius 2 is 1.85 bits per heavy atom. The third-order valence-electron chi connectivity index (χ3n) is 3.82. The molecular weight excluding hydrogens is 338 g/mol. The number of nitrogens with one attached hydrogen (secondary N) is 1. The number of aromatic carboxylic acids is 1. The van der Waals surface area contributed by atoms with E-state index in [0.717, 1.165) is 6.42 Å². The first-order chi connectivity index (χ1) is 12.6. The monoisotopic (exact) mass is 357 g/mol. The molecule has 0 bridgehead atoms. The molecule has 2 N–H and O–H groups in total. The molecule has 2 aromatic carbocycles. The maximum atomic E-state index is 12.5. The Morgan fingerprint density at radius 1 is 1.08 bits per heavy atom. The van der Waals surface area contributed by atoms with Crippen LogP contribution in [0.1, 0.15) is 32.7 Å². The smallest absolute Gasteiger partial charge is 0.335 e. The van der Waals surface area contributed by atoms with Crippen LogP contribution in [0.4, 0.5) is 5.69 Å². The standard InChI is InChI=1S/C19H19NO6/c1-24-11-12-7-14(19(22)23)9-15(8-12)20-18(21)13-3-4-16-17(10-13)26-6-2-5-25-16/h3-4,7-10H,2,5-6,11H2,1H3,(H,20,21)(H,22,23). The molecule has 0 fully saturated rings. The van der Waals surface area contributed by atoms with Gasteiger partial charge in [0.15, 0.2) is 11.5 Å². The molecule has 1 aliphatic heterocycles. The molecule has 3 rings (SSSR count). The molecule has 1 amide bonds. The van der Waals surface area contributed by atoms with Gasteiger partial charge in [-0.3, -0.25) is 4.79 Å². The van der Waals surface area contributed by atoms with Crippen molar-refractivity contribution in [2.75, 3.05) is 25.6 Å². The van der Waals surface area contributed by atoms with Gasteiger partial charge < -0.3 is 24.6 Å². The first-order valence-electron chi connectivity index (χ1n) is 8.14. The third kappa shape index (κ3) is 4.12. The Morgan fingerprint density at radius 3 is 2.58 bits per heavy atom. The van der Waals surface area contributed by atoms with Crippen molar-refractivity contribution in [1.29, 1.82) is 0 Å². The molecule has 7 nitrogen and oxygen atoms in total. The number of rotatable bonds is 5. The lowest BCUT2D eigenvalue weighted by Crippen LogP contribution is -2.13. The zero-order valence-corrected chi connectivity index (χ0v) is 14.3. The number of ether oxygens (including phenoxy) is 3. The minimum absolute atomic E-state index is 0.0773. The van der Waals surface area contributed by atoms with Crippen LogP contribution in [0, 0.1) is 0 Å². The topological polar surface area (TPSA) is 94.1 Å². The first-order valence-corrected chi connectivity index (χ1v) is 8.14. The van der Waals surface area contributed by atoms with Crippen molar-refractivity contribution >= 4 is 17.6 Å². The van der Waals surface area contributed by atoms with Crippen molar-refractivity contribution < 1.29 is 28.9 Å². The van der Waals surface area contributed by atoms with Gasteiger partial charge in [0.2, 0.25) is 0 Å². The van der Waals surface area contributed by atoms with Crippen LogP contribution in [0.5, 0.6) is 11.5 Å². The van der Waals surface area contributed by atoms with Gasteiger partial charge in [-0.2, -0.15) is 0 Å². The summed E-state index contributed by atoms with van der Waals surface area (Å²) in [5, 5.41) is 11.9. The fourth-order valence-electron chi connectivity index (χ4n) is 2.65. The molecule has 0 spiro atoms. The van der Waals surface area contributed by atoms with Crippen molar-refractivity contribution in [3.05, 3.63) is 53.1 Å². The maximum Gasteiger partial charge on any atom is 0.335 e. The van der Waals surface area contributed by atoms with E-state index in [4.69, 9.17) is 14.2 Å². The van der Waals surface area contributed by atoms with Crippen LogP contribution in [0.15, 0.2) is 36.4 Å². The Bertz CT molecular complexity index is 833. The van der Waals surface area contributed by atoms with Crippen LogP contribution < -0.4 is 14.8 Å². The van der Waals surface area contributed by atoms with Gasteiger partial charge in [-0.05, 0) is 42.0 Å². The second-order valence-electron chi connectivity index (χ2n) is 5.82. The van der Waals surface area contributed by atoms with Crippen molar-refractivity contribution in [2.24, 2.45) is 0 Å². The summed E-state index contributed by atoms with van der Waals surface area (Å²) in [6.45, 7) is 1.34. The van der Waals surface area contributed by atoms with Crippen LogP contribution in [0.3, 0.4) is 0 Å². The molecule has 0 saturated heterocycles. The minimum atomic E-state index is -1.07. The normalized spacial score (nSPS) is 13.0. The highest BCUT2D eigenvalue weighted by molar-refractivity contribution is 6.05. The van der Waals surface area contributed by atoms with Gasteiger partial charge in [-0.25, -0.2) is 4.79 Å². The van der Waals surface area contributed by atoms with Gasteiger partial charge in [-0.15, -0.1) is 0 Å². The molecule has 0 aromatic heterocycles. The molecule has 136 valence electrons. The molecule has 1 aliphatic rings. The highest BCUT2D eigenvalue weighted by atomic mass is 16.5. The molecule has 0 saturated carbocycles. The molecule has 0 atom stereocenters. The minimum Gasteiger partial charge on any atom is -0.490 e. The van der Waals surface area contributed by atoms with Crippen LogP contribution >= 0.6 is 0 Å². The molecule has 0 radical (unpaired) electrons. The number of methoxy groups -OCH3 is 1. The average molecular weight is 357 g/mol. The Hall–Kier alpha value is -3.06. The lowest BCUT2D eigenvalue weighted by Gasteiger charge is -2.11. The molecular formula is C19H19NO6. The van der Waals surface area contributed by atoms with E-state index in [1.54, 1.807) is 24.3 Å². The Labute approximate surface area is 150 Å². The van der Waals surface area contributed by atoms with E-state index in [0.29, 0.717) is 41.5 Å². The summed E-state index contributed by atoms with van der Waals surface area (Å²) in [6.07, 6.45) is 0.778. The number of benzene rings is 2.